The fourth-order valence-electron chi connectivity index (χ4n) is 3.64. The highest BCUT2D eigenvalue weighted by atomic mass is 19.1. The van der Waals surface area contributed by atoms with Crippen LogP contribution in [0.2, 0.25) is 0 Å². The third-order valence-corrected chi connectivity index (χ3v) is 4.95. The van der Waals surface area contributed by atoms with Crippen molar-refractivity contribution in [2.24, 2.45) is 17.1 Å². The fraction of sp³-hybridized carbons (Fsp3) is 0.647. The van der Waals surface area contributed by atoms with Gasteiger partial charge in [-0.2, -0.15) is 0 Å². The van der Waals surface area contributed by atoms with Crippen LogP contribution in [0.5, 0.6) is 0 Å². The maximum atomic E-state index is 13.4. The molecule has 0 heterocycles. The van der Waals surface area contributed by atoms with Gasteiger partial charge in [0.2, 0.25) is 0 Å². The van der Waals surface area contributed by atoms with Crippen molar-refractivity contribution in [3.63, 3.8) is 0 Å². The lowest BCUT2D eigenvalue weighted by atomic mass is 9.64. The van der Waals surface area contributed by atoms with E-state index in [1.807, 2.05) is 6.07 Å². The second-order valence-corrected chi connectivity index (χ2v) is 6.73. The number of aliphatic hydroxyl groups is 1. The molecule has 1 aliphatic rings. The van der Waals surface area contributed by atoms with Crippen LogP contribution in [0.3, 0.4) is 0 Å². The van der Waals surface area contributed by atoms with Gasteiger partial charge in [0, 0.05) is 12.5 Å². The normalized spacial score (nSPS) is 25.1. The first-order chi connectivity index (χ1) is 9.45. The van der Waals surface area contributed by atoms with Gasteiger partial charge in [0.15, 0.2) is 0 Å². The highest BCUT2D eigenvalue weighted by Crippen LogP contribution is 2.45. The quantitative estimate of drug-likeness (QED) is 0.886. The number of halogens is 1. The zero-order valence-corrected chi connectivity index (χ0v) is 12.5. The first-order valence-corrected chi connectivity index (χ1v) is 7.59. The summed E-state index contributed by atoms with van der Waals surface area (Å²) in [6.07, 6.45) is 4.04. The lowest BCUT2D eigenvalue weighted by Crippen LogP contribution is -2.41. The summed E-state index contributed by atoms with van der Waals surface area (Å²) in [7, 11) is 0. The average Bonchev–Trinajstić information content (AvgIpc) is 2.39. The second-order valence-electron chi connectivity index (χ2n) is 6.73. The van der Waals surface area contributed by atoms with Crippen LogP contribution in [-0.2, 0) is 0 Å². The molecule has 1 aromatic rings. The average molecular weight is 279 g/mol. The molecule has 3 heteroatoms. The molecule has 0 saturated heterocycles. The maximum Gasteiger partial charge on any atom is 0.123 e. The molecular formula is C17H26FNO. The van der Waals surface area contributed by atoms with Crippen LogP contribution >= 0.6 is 0 Å². The van der Waals surface area contributed by atoms with Gasteiger partial charge in [-0.3, -0.25) is 0 Å². The Hall–Kier alpha value is -0.930. The molecule has 1 aliphatic carbocycles. The van der Waals surface area contributed by atoms with E-state index < -0.39 is 6.10 Å². The van der Waals surface area contributed by atoms with Crippen LogP contribution in [0.15, 0.2) is 24.3 Å². The van der Waals surface area contributed by atoms with Gasteiger partial charge in [-0.05, 0) is 41.9 Å². The fourth-order valence-corrected chi connectivity index (χ4v) is 3.64. The molecular weight excluding hydrogens is 253 g/mol. The minimum Gasteiger partial charge on any atom is -0.392 e. The lowest BCUT2D eigenvalue weighted by Gasteiger charge is -2.43. The molecule has 1 aromatic carbocycles. The van der Waals surface area contributed by atoms with Gasteiger partial charge in [0.25, 0.3) is 0 Å². The van der Waals surface area contributed by atoms with Gasteiger partial charge in [-0.15, -0.1) is 0 Å². The van der Waals surface area contributed by atoms with Gasteiger partial charge in [-0.1, -0.05) is 38.8 Å². The van der Waals surface area contributed by atoms with E-state index in [-0.39, 0.29) is 23.1 Å². The SMILES string of the molecule is CC1(C)CCCCC1C(O)C(CN)c1cccc(F)c1. The summed E-state index contributed by atoms with van der Waals surface area (Å²) in [5.41, 5.74) is 6.80. The van der Waals surface area contributed by atoms with E-state index in [1.54, 1.807) is 6.07 Å². The van der Waals surface area contributed by atoms with Crippen LogP contribution in [0.1, 0.15) is 51.0 Å². The summed E-state index contributed by atoms with van der Waals surface area (Å²) >= 11 is 0. The van der Waals surface area contributed by atoms with Crippen molar-refractivity contribution in [3.05, 3.63) is 35.6 Å². The predicted octanol–water partition coefficient (Wildman–Crippen LogP) is 3.45. The molecule has 0 radical (unpaired) electrons. The molecule has 0 aliphatic heterocycles. The molecule has 1 fully saturated rings. The summed E-state index contributed by atoms with van der Waals surface area (Å²) in [5.74, 6) is -0.225. The molecule has 112 valence electrons. The molecule has 20 heavy (non-hydrogen) atoms. The van der Waals surface area contributed by atoms with Gasteiger partial charge < -0.3 is 10.8 Å². The van der Waals surface area contributed by atoms with E-state index in [9.17, 15) is 9.50 Å². The third kappa shape index (κ3) is 3.21. The minimum absolute atomic E-state index is 0.123. The molecule has 0 amide bonds. The van der Waals surface area contributed by atoms with E-state index in [0.717, 1.165) is 24.8 Å². The van der Waals surface area contributed by atoms with Crippen LogP contribution in [0, 0.1) is 17.2 Å². The molecule has 0 aromatic heterocycles. The Bertz CT molecular complexity index is 446. The van der Waals surface area contributed by atoms with Crippen LogP contribution in [0.25, 0.3) is 0 Å². The molecule has 0 spiro atoms. The number of aliphatic hydroxyl groups excluding tert-OH is 1. The standard InChI is InChI=1S/C17H26FNO/c1-17(2)9-4-3-8-15(17)16(20)14(11-19)12-6-5-7-13(18)10-12/h5-7,10,14-16,20H,3-4,8-9,11,19H2,1-2H3. The largest absolute Gasteiger partial charge is 0.392 e. The van der Waals surface area contributed by atoms with Crippen molar-refractivity contribution < 1.29 is 9.50 Å². The van der Waals surface area contributed by atoms with Gasteiger partial charge in [0.1, 0.15) is 5.82 Å². The smallest absolute Gasteiger partial charge is 0.123 e. The minimum atomic E-state index is -0.503. The van der Waals surface area contributed by atoms with E-state index >= 15 is 0 Å². The summed E-state index contributed by atoms with van der Waals surface area (Å²) in [5, 5.41) is 10.8. The van der Waals surface area contributed by atoms with Gasteiger partial charge in [0.05, 0.1) is 6.10 Å². The molecule has 2 rings (SSSR count). The van der Waals surface area contributed by atoms with E-state index in [0.29, 0.717) is 6.54 Å². The topological polar surface area (TPSA) is 46.2 Å². The Morgan fingerprint density at radius 1 is 1.40 bits per heavy atom. The molecule has 1 saturated carbocycles. The van der Waals surface area contributed by atoms with Gasteiger partial charge in [-0.25, -0.2) is 4.39 Å². The number of benzene rings is 1. The van der Waals surface area contributed by atoms with Crippen molar-refractivity contribution in [2.75, 3.05) is 6.54 Å². The predicted molar refractivity (Wildman–Crippen MR) is 79.9 cm³/mol. The Balaban J connectivity index is 2.22. The molecule has 3 atom stereocenters. The highest BCUT2D eigenvalue weighted by molar-refractivity contribution is 5.23. The zero-order valence-electron chi connectivity index (χ0n) is 12.5. The Kier molecular flexibility index (Phi) is 4.82. The molecule has 0 bridgehead atoms. The Morgan fingerprint density at radius 3 is 2.75 bits per heavy atom. The maximum absolute atomic E-state index is 13.4. The summed E-state index contributed by atoms with van der Waals surface area (Å²) in [6.45, 7) is 4.79. The van der Waals surface area contributed by atoms with Gasteiger partial charge >= 0.3 is 0 Å². The van der Waals surface area contributed by atoms with E-state index in [2.05, 4.69) is 13.8 Å². The van der Waals surface area contributed by atoms with Crippen LogP contribution in [0.4, 0.5) is 4.39 Å². The molecule has 3 unspecified atom stereocenters. The molecule has 3 N–H and O–H groups in total. The first-order valence-electron chi connectivity index (χ1n) is 7.59. The van der Waals surface area contributed by atoms with Crippen molar-refractivity contribution >= 4 is 0 Å². The summed E-state index contributed by atoms with van der Waals surface area (Å²) < 4.78 is 13.4. The lowest BCUT2D eigenvalue weighted by molar-refractivity contribution is -0.00898. The van der Waals surface area contributed by atoms with Crippen molar-refractivity contribution in [2.45, 2.75) is 51.6 Å². The third-order valence-electron chi connectivity index (χ3n) is 4.95. The highest BCUT2D eigenvalue weighted by Gasteiger charge is 2.40. The van der Waals surface area contributed by atoms with E-state index in [1.165, 1.54) is 18.6 Å². The number of hydrogen-bond donors (Lipinski definition) is 2. The van der Waals surface area contributed by atoms with Crippen molar-refractivity contribution in [1.29, 1.82) is 0 Å². The number of rotatable bonds is 4. The van der Waals surface area contributed by atoms with E-state index in [4.69, 9.17) is 5.73 Å². The Morgan fingerprint density at radius 2 is 2.15 bits per heavy atom. The van der Waals surface area contributed by atoms with Crippen LogP contribution in [-0.4, -0.2) is 17.8 Å². The van der Waals surface area contributed by atoms with Crippen molar-refractivity contribution in [3.8, 4) is 0 Å². The van der Waals surface area contributed by atoms with Crippen molar-refractivity contribution in [1.82, 2.24) is 0 Å². The monoisotopic (exact) mass is 279 g/mol. The summed E-state index contributed by atoms with van der Waals surface area (Å²) in [6, 6.07) is 6.47. The number of nitrogens with two attached hydrogens (primary N) is 1. The van der Waals surface area contributed by atoms with Crippen LogP contribution < -0.4 is 5.73 Å². The summed E-state index contributed by atoms with van der Waals surface area (Å²) in [4.78, 5) is 0. The first kappa shape index (κ1) is 15.5. The zero-order chi connectivity index (χ0) is 14.8. The number of hydrogen-bond acceptors (Lipinski definition) is 2. The Labute approximate surface area is 121 Å². The second kappa shape index (κ2) is 6.23. The molecule has 2 nitrogen and oxygen atoms in total.